The highest BCUT2D eigenvalue weighted by Gasteiger charge is 2.24. The van der Waals surface area contributed by atoms with Gasteiger partial charge in [0.1, 0.15) is 0 Å². The summed E-state index contributed by atoms with van der Waals surface area (Å²) in [5.41, 5.74) is 0. The Morgan fingerprint density at radius 2 is 1.83 bits per heavy atom. The third-order valence-corrected chi connectivity index (χ3v) is 5.15. The first kappa shape index (κ1) is 13.5. The van der Waals surface area contributed by atoms with E-state index in [4.69, 9.17) is 4.74 Å². The minimum atomic E-state index is -3.35. The van der Waals surface area contributed by atoms with Gasteiger partial charge in [-0.05, 0) is 30.9 Å². The Balaban J connectivity index is 2.05. The largest absolute Gasteiger partial charge is 0.381 e. The van der Waals surface area contributed by atoms with Crippen LogP contribution in [-0.4, -0.2) is 39.5 Å². The SMILES string of the molecule is CN(CC1CCOCC1)S(=O)(=O)c1ccccc1. The van der Waals surface area contributed by atoms with Gasteiger partial charge in [-0.1, -0.05) is 18.2 Å². The van der Waals surface area contributed by atoms with Crippen molar-refractivity contribution < 1.29 is 13.2 Å². The lowest BCUT2D eigenvalue weighted by Gasteiger charge is -2.26. The highest BCUT2D eigenvalue weighted by molar-refractivity contribution is 7.89. The third-order valence-electron chi connectivity index (χ3n) is 3.31. The predicted molar refractivity (Wildman–Crippen MR) is 69.8 cm³/mol. The topological polar surface area (TPSA) is 46.6 Å². The molecule has 0 amide bonds. The van der Waals surface area contributed by atoms with Crippen LogP contribution in [0.3, 0.4) is 0 Å². The van der Waals surface area contributed by atoms with E-state index < -0.39 is 10.0 Å². The van der Waals surface area contributed by atoms with Crippen molar-refractivity contribution in [1.82, 2.24) is 4.31 Å². The molecule has 0 atom stereocenters. The third kappa shape index (κ3) is 3.10. The monoisotopic (exact) mass is 269 g/mol. The number of hydrogen-bond acceptors (Lipinski definition) is 3. The van der Waals surface area contributed by atoms with Crippen LogP contribution >= 0.6 is 0 Å². The first-order chi connectivity index (χ1) is 8.60. The van der Waals surface area contributed by atoms with Crippen LogP contribution in [0.25, 0.3) is 0 Å². The van der Waals surface area contributed by atoms with Gasteiger partial charge in [0.15, 0.2) is 0 Å². The maximum Gasteiger partial charge on any atom is 0.242 e. The molecule has 0 saturated carbocycles. The van der Waals surface area contributed by atoms with E-state index in [-0.39, 0.29) is 0 Å². The molecule has 0 spiro atoms. The van der Waals surface area contributed by atoms with Crippen molar-refractivity contribution in [1.29, 1.82) is 0 Å². The predicted octanol–water partition coefficient (Wildman–Crippen LogP) is 1.73. The second-order valence-electron chi connectivity index (χ2n) is 4.65. The molecular weight excluding hydrogens is 250 g/mol. The summed E-state index contributed by atoms with van der Waals surface area (Å²) in [6, 6.07) is 8.58. The van der Waals surface area contributed by atoms with Crippen molar-refractivity contribution in [2.75, 3.05) is 26.8 Å². The zero-order valence-electron chi connectivity index (χ0n) is 10.6. The Morgan fingerprint density at radius 1 is 1.22 bits per heavy atom. The van der Waals surface area contributed by atoms with E-state index in [9.17, 15) is 8.42 Å². The van der Waals surface area contributed by atoms with Gasteiger partial charge in [-0.15, -0.1) is 0 Å². The smallest absolute Gasteiger partial charge is 0.242 e. The van der Waals surface area contributed by atoms with Crippen molar-refractivity contribution in [2.24, 2.45) is 5.92 Å². The summed E-state index contributed by atoms with van der Waals surface area (Å²) in [6.45, 7) is 2.05. The Hall–Kier alpha value is -0.910. The Labute approximate surface area is 109 Å². The van der Waals surface area contributed by atoms with E-state index in [1.54, 1.807) is 31.3 Å². The number of sulfonamides is 1. The first-order valence-corrected chi connectivity index (χ1v) is 7.64. The van der Waals surface area contributed by atoms with Crippen molar-refractivity contribution in [2.45, 2.75) is 17.7 Å². The quantitative estimate of drug-likeness (QED) is 0.836. The number of hydrogen-bond donors (Lipinski definition) is 0. The van der Waals surface area contributed by atoms with Crippen LogP contribution < -0.4 is 0 Å². The van der Waals surface area contributed by atoms with Crippen LogP contribution in [-0.2, 0) is 14.8 Å². The maximum absolute atomic E-state index is 12.3. The van der Waals surface area contributed by atoms with Gasteiger partial charge in [0.05, 0.1) is 4.90 Å². The molecule has 2 rings (SSSR count). The molecule has 1 aromatic rings. The molecule has 0 unspecified atom stereocenters. The van der Waals surface area contributed by atoms with E-state index in [1.165, 1.54) is 4.31 Å². The number of nitrogens with zero attached hydrogens (tertiary/aromatic N) is 1. The molecule has 1 aliphatic rings. The van der Waals surface area contributed by atoms with E-state index in [0.29, 0.717) is 17.4 Å². The summed E-state index contributed by atoms with van der Waals surface area (Å²) in [6.07, 6.45) is 1.88. The fourth-order valence-electron chi connectivity index (χ4n) is 2.16. The van der Waals surface area contributed by atoms with Gasteiger partial charge in [-0.2, -0.15) is 0 Å². The fourth-order valence-corrected chi connectivity index (χ4v) is 3.43. The summed E-state index contributed by atoms with van der Waals surface area (Å²) in [4.78, 5) is 0.361. The highest BCUT2D eigenvalue weighted by Crippen LogP contribution is 2.20. The van der Waals surface area contributed by atoms with Gasteiger partial charge >= 0.3 is 0 Å². The summed E-state index contributed by atoms with van der Waals surface area (Å²) < 4.78 is 31.3. The van der Waals surface area contributed by atoms with Crippen LogP contribution in [0.2, 0.25) is 0 Å². The van der Waals surface area contributed by atoms with Crippen LogP contribution in [0.15, 0.2) is 35.2 Å². The second kappa shape index (κ2) is 5.82. The molecule has 1 aromatic carbocycles. The van der Waals surface area contributed by atoms with E-state index in [0.717, 1.165) is 26.1 Å². The molecule has 1 fully saturated rings. The van der Waals surface area contributed by atoms with Crippen LogP contribution in [0.4, 0.5) is 0 Å². The normalized spacial score (nSPS) is 18.1. The molecule has 100 valence electrons. The molecule has 0 aromatic heterocycles. The molecule has 1 aliphatic heterocycles. The van der Waals surface area contributed by atoms with Gasteiger partial charge < -0.3 is 4.74 Å². The lowest BCUT2D eigenvalue weighted by molar-refractivity contribution is 0.0620. The Morgan fingerprint density at radius 3 is 2.44 bits per heavy atom. The van der Waals surface area contributed by atoms with Gasteiger partial charge in [-0.3, -0.25) is 0 Å². The average Bonchev–Trinajstić information content (AvgIpc) is 2.41. The first-order valence-electron chi connectivity index (χ1n) is 6.20. The Kier molecular flexibility index (Phi) is 4.37. The average molecular weight is 269 g/mol. The van der Waals surface area contributed by atoms with Crippen LogP contribution in [0.5, 0.6) is 0 Å². The summed E-state index contributed by atoms with van der Waals surface area (Å²) in [7, 11) is -1.70. The van der Waals surface area contributed by atoms with Gasteiger partial charge in [0.2, 0.25) is 10.0 Å². The summed E-state index contributed by atoms with van der Waals surface area (Å²) in [5.74, 6) is 0.405. The standard InChI is InChI=1S/C13H19NO3S/c1-14(11-12-7-9-17-10-8-12)18(15,16)13-5-3-2-4-6-13/h2-6,12H,7-11H2,1H3. The maximum atomic E-state index is 12.3. The molecule has 1 saturated heterocycles. The molecule has 0 bridgehead atoms. The molecule has 0 radical (unpaired) electrons. The zero-order chi connectivity index (χ0) is 13.0. The van der Waals surface area contributed by atoms with Crippen molar-refractivity contribution in [3.8, 4) is 0 Å². The molecule has 1 heterocycles. The lowest BCUT2D eigenvalue weighted by atomic mass is 10.0. The second-order valence-corrected chi connectivity index (χ2v) is 6.70. The fraction of sp³-hybridized carbons (Fsp3) is 0.538. The number of rotatable bonds is 4. The van der Waals surface area contributed by atoms with Gasteiger partial charge in [0, 0.05) is 26.8 Å². The van der Waals surface area contributed by atoms with Gasteiger partial charge in [0.25, 0.3) is 0 Å². The minimum Gasteiger partial charge on any atom is -0.381 e. The molecule has 18 heavy (non-hydrogen) atoms. The summed E-state index contributed by atoms with van der Waals surface area (Å²) in [5, 5.41) is 0. The zero-order valence-corrected chi connectivity index (χ0v) is 11.4. The molecule has 5 heteroatoms. The molecule has 4 nitrogen and oxygen atoms in total. The van der Waals surface area contributed by atoms with Crippen molar-refractivity contribution >= 4 is 10.0 Å². The molecule has 0 aliphatic carbocycles. The van der Waals surface area contributed by atoms with Crippen molar-refractivity contribution in [3.63, 3.8) is 0 Å². The van der Waals surface area contributed by atoms with E-state index in [1.807, 2.05) is 6.07 Å². The molecule has 0 N–H and O–H groups in total. The van der Waals surface area contributed by atoms with Crippen LogP contribution in [0, 0.1) is 5.92 Å². The highest BCUT2D eigenvalue weighted by atomic mass is 32.2. The Bertz CT molecular complexity index is 466. The number of benzene rings is 1. The molecular formula is C13H19NO3S. The lowest BCUT2D eigenvalue weighted by Crippen LogP contribution is -2.34. The number of ether oxygens (including phenoxy) is 1. The van der Waals surface area contributed by atoms with Crippen molar-refractivity contribution in [3.05, 3.63) is 30.3 Å². The van der Waals surface area contributed by atoms with Gasteiger partial charge in [-0.25, -0.2) is 12.7 Å². The van der Waals surface area contributed by atoms with E-state index in [2.05, 4.69) is 0 Å². The summed E-state index contributed by atoms with van der Waals surface area (Å²) >= 11 is 0. The minimum absolute atomic E-state index is 0.361. The van der Waals surface area contributed by atoms with E-state index >= 15 is 0 Å². The van der Waals surface area contributed by atoms with Crippen LogP contribution in [0.1, 0.15) is 12.8 Å².